The topological polar surface area (TPSA) is 72.7 Å². The van der Waals surface area contributed by atoms with Crippen LogP contribution in [0.15, 0.2) is 70.8 Å². The second kappa shape index (κ2) is 6.46. The number of aromatic nitrogens is 1. The number of rotatable bonds is 4. The molecule has 0 atom stereocenters. The van der Waals surface area contributed by atoms with Crippen molar-refractivity contribution in [1.29, 1.82) is 0 Å². The van der Waals surface area contributed by atoms with Crippen molar-refractivity contribution in [2.45, 2.75) is 11.8 Å². The minimum atomic E-state index is -3.92. The van der Waals surface area contributed by atoms with Gasteiger partial charge in [-0.15, -0.1) is 4.28 Å². The Kier molecular flexibility index (Phi) is 4.37. The maximum absolute atomic E-state index is 12.1. The summed E-state index contributed by atoms with van der Waals surface area (Å²) in [4.78, 5) is 0.0696. The summed E-state index contributed by atoms with van der Waals surface area (Å²) in [6.07, 6.45) is 1.84. The minimum Gasteiger partial charge on any atom is -0.350 e. The molecule has 0 amide bonds. The van der Waals surface area contributed by atoms with Crippen LogP contribution in [0.25, 0.3) is 10.9 Å². The van der Waals surface area contributed by atoms with E-state index in [1.807, 2.05) is 49.0 Å². The lowest BCUT2D eigenvalue weighted by atomic mass is 10.2. The summed E-state index contributed by atoms with van der Waals surface area (Å²) in [7, 11) is -1.99. The van der Waals surface area contributed by atoms with E-state index in [-0.39, 0.29) is 4.90 Å². The van der Waals surface area contributed by atoms with Gasteiger partial charge < -0.3 is 4.57 Å². The minimum absolute atomic E-state index is 0.0696. The van der Waals surface area contributed by atoms with Gasteiger partial charge in [0.2, 0.25) is 0 Å². The predicted octanol–water partition coefficient (Wildman–Crippen LogP) is 2.21. The van der Waals surface area contributed by atoms with Gasteiger partial charge in [-0.05, 0) is 31.2 Å². The molecule has 0 saturated carbocycles. The number of nitrogens with one attached hydrogen (secondary N) is 1. The Bertz CT molecular complexity index is 1040. The maximum Gasteiger partial charge on any atom is 0.318 e. The number of benzene rings is 2. The second-order valence-corrected chi connectivity index (χ2v) is 6.93. The third-order valence-corrected chi connectivity index (χ3v) is 4.78. The Labute approximate surface area is 140 Å². The first-order chi connectivity index (χ1) is 11.5. The van der Waals surface area contributed by atoms with Crippen LogP contribution in [0.4, 0.5) is 0 Å². The first-order valence-corrected chi connectivity index (χ1v) is 8.71. The Hall–Kier alpha value is -2.64. The lowest BCUT2D eigenvalue weighted by molar-refractivity contribution is 0.205. The quantitative estimate of drug-likeness (QED) is 0.737. The van der Waals surface area contributed by atoms with Gasteiger partial charge in [-0.2, -0.15) is 19.1 Å². The summed E-state index contributed by atoms with van der Waals surface area (Å²) in [5.74, 6) is 0. The van der Waals surface area contributed by atoms with Gasteiger partial charge in [-0.3, -0.25) is 0 Å². The predicted molar refractivity (Wildman–Crippen MR) is 91.1 cm³/mol. The van der Waals surface area contributed by atoms with Gasteiger partial charge in [-0.25, -0.2) is 0 Å². The molecule has 3 aromatic rings. The van der Waals surface area contributed by atoms with E-state index in [0.29, 0.717) is 5.36 Å². The summed E-state index contributed by atoms with van der Waals surface area (Å²) in [5.41, 5.74) is 4.14. The molecule has 124 valence electrons. The molecule has 0 unspecified atom stereocenters. The number of nitrogens with zero attached hydrogens (tertiary/aromatic N) is 2. The number of hydrogen-bond acceptors (Lipinski definition) is 5. The van der Waals surface area contributed by atoms with Crippen molar-refractivity contribution in [2.75, 3.05) is 0 Å². The molecule has 24 heavy (non-hydrogen) atoms. The monoisotopic (exact) mass is 343 g/mol. The van der Waals surface area contributed by atoms with E-state index in [1.54, 1.807) is 18.2 Å². The molecule has 1 heterocycles. The van der Waals surface area contributed by atoms with Crippen LogP contribution < -0.4 is 10.9 Å². The van der Waals surface area contributed by atoms with Crippen LogP contribution in [0.3, 0.4) is 0 Å². The molecule has 0 aliphatic carbocycles. The van der Waals surface area contributed by atoms with Crippen molar-refractivity contribution in [3.05, 3.63) is 71.7 Å². The summed E-state index contributed by atoms with van der Waals surface area (Å²) in [6, 6.07) is 15.9. The highest BCUT2D eigenvalue weighted by molar-refractivity contribution is 7.86. The van der Waals surface area contributed by atoms with Crippen molar-refractivity contribution < 1.29 is 12.7 Å². The third kappa shape index (κ3) is 3.32. The fraction of sp³-hybridized carbons (Fsp3) is 0.118. The standard InChI is InChI=1S/C17H17N3O3S/c1-13-7-9-14(10-8-13)24(21,22)23-19-18-16-11-12-20(2)17-6-4-3-5-15(16)17/h3-12,19H,1-2H3/b18-16-. The van der Waals surface area contributed by atoms with Crippen LogP contribution in [-0.4, -0.2) is 13.0 Å². The van der Waals surface area contributed by atoms with E-state index in [9.17, 15) is 8.42 Å². The first-order valence-electron chi connectivity index (χ1n) is 7.31. The molecule has 7 heteroatoms. The molecule has 0 radical (unpaired) electrons. The van der Waals surface area contributed by atoms with Crippen LogP contribution in [-0.2, 0) is 21.4 Å². The highest BCUT2D eigenvalue weighted by Crippen LogP contribution is 2.12. The van der Waals surface area contributed by atoms with Crippen LogP contribution in [0.5, 0.6) is 0 Å². The number of aryl methyl sites for hydroxylation is 2. The van der Waals surface area contributed by atoms with Crippen LogP contribution in [0, 0.1) is 6.92 Å². The number of hydrogen-bond donors (Lipinski definition) is 1. The van der Waals surface area contributed by atoms with Crippen molar-refractivity contribution in [2.24, 2.45) is 12.1 Å². The third-order valence-electron chi connectivity index (χ3n) is 3.64. The Morgan fingerprint density at radius 3 is 2.50 bits per heavy atom. The zero-order chi connectivity index (χ0) is 17.2. The van der Waals surface area contributed by atoms with Crippen LogP contribution in [0.1, 0.15) is 5.56 Å². The zero-order valence-corrected chi connectivity index (χ0v) is 14.1. The Balaban J connectivity index is 1.87. The van der Waals surface area contributed by atoms with Gasteiger partial charge in [-0.1, -0.05) is 35.9 Å². The number of pyridine rings is 1. The van der Waals surface area contributed by atoms with Gasteiger partial charge in [0.1, 0.15) is 0 Å². The first kappa shape index (κ1) is 16.2. The molecule has 1 aromatic heterocycles. The molecule has 0 fully saturated rings. The smallest absolute Gasteiger partial charge is 0.318 e. The van der Waals surface area contributed by atoms with E-state index < -0.39 is 10.1 Å². The van der Waals surface area contributed by atoms with Gasteiger partial charge in [0.15, 0.2) is 0 Å². The van der Waals surface area contributed by atoms with E-state index in [4.69, 9.17) is 4.28 Å². The van der Waals surface area contributed by atoms with E-state index >= 15 is 0 Å². The molecule has 0 aliphatic rings. The largest absolute Gasteiger partial charge is 0.350 e. The fourth-order valence-electron chi connectivity index (χ4n) is 2.32. The van der Waals surface area contributed by atoms with Gasteiger partial charge >= 0.3 is 10.1 Å². The van der Waals surface area contributed by atoms with Gasteiger partial charge in [0, 0.05) is 24.1 Å². The highest BCUT2D eigenvalue weighted by Gasteiger charge is 2.14. The van der Waals surface area contributed by atoms with E-state index in [2.05, 4.69) is 10.7 Å². The molecule has 2 aromatic carbocycles. The second-order valence-electron chi connectivity index (χ2n) is 5.38. The summed E-state index contributed by atoms with van der Waals surface area (Å²) >= 11 is 0. The summed E-state index contributed by atoms with van der Waals surface area (Å²) < 4.78 is 30.9. The Morgan fingerprint density at radius 1 is 1.04 bits per heavy atom. The molecule has 0 aliphatic heterocycles. The Morgan fingerprint density at radius 2 is 1.75 bits per heavy atom. The number of para-hydroxylation sites is 1. The lowest BCUT2D eigenvalue weighted by Gasteiger charge is -2.06. The molecule has 0 spiro atoms. The van der Waals surface area contributed by atoms with Gasteiger partial charge in [0.25, 0.3) is 0 Å². The van der Waals surface area contributed by atoms with Crippen LogP contribution in [0.2, 0.25) is 0 Å². The highest BCUT2D eigenvalue weighted by atomic mass is 32.2. The summed E-state index contributed by atoms with van der Waals surface area (Å²) in [5, 5.41) is 5.51. The maximum atomic E-state index is 12.1. The summed E-state index contributed by atoms with van der Waals surface area (Å²) in [6.45, 7) is 1.88. The average Bonchev–Trinajstić information content (AvgIpc) is 2.57. The normalized spacial score (nSPS) is 12.5. The molecule has 6 nitrogen and oxygen atoms in total. The number of fused-ring (bicyclic) bond motifs is 1. The van der Waals surface area contributed by atoms with Crippen molar-refractivity contribution in [3.63, 3.8) is 0 Å². The zero-order valence-electron chi connectivity index (χ0n) is 13.3. The molecule has 0 bridgehead atoms. The molecule has 0 saturated heterocycles. The van der Waals surface area contributed by atoms with E-state index in [0.717, 1.165) is 16.5 Å². The SMILES string of the molecule is Cc1ccc(S(=O)(=O)ON/N=c2/ccn(C)c3ccccc23)cc1. The van der Waals surface area contributed by atoms with Gasteiger partial charge in [0.05, 0.1) is 10.3 Å². The van der Waals surface area contributed by atoms with E-state index in [1.165, 1.54) is 12.1 Å². The van der Waals surface area contributed by atoms with Crippen molar-refractivity contribution in [3.8, 4) is 0 Å². The van der Waals surface area contributed by atoms with Crippen molar-refractivity contribution >= 4 is 21.0 Å². The van der Waals surface area contributed by atoms with Crippen LogP contribution >= 0.6 is 0 Å². The molecule has 3 rings (SSSR count). The molecular weight excluding hydrogens is 326 g/mol. The fourth-order valence-corrected chi connectivity index (χ4v) is 3.02. The molecular formula is C17H17N3O3S. The van der Waals surface area contributed by atoms with Crippen molar-refractivity contribution in [1.82, 2.24) is 10.2 Å². The molecule has 1 N–H and O–H groups in total. The average molecular weight is 343 g/mol. The lowest BCUT2D eigenvalue weighted by Crippen LogP contribution is -2.19.